The van der Waals surface area contributed by atoms with Crippen LogP contribution in [0.4, 0.5) is 0 Å². The first-order valence-electron chi connectivity index (χ1n) is 10.0. The second-order valence-corrected chi connectivity index (χ2v) is 9.32. The summed E-state index contributed by atoms with van der Waals surface area (Å²) in [7, 11) is 2.53. The Morgan fingerprint density at radius 3 is 2.06 bits per heavy atom. The predicted molar refractivity (Wildman–Crippen MR) is 119 cm³/mol. The molecule has 1 N–H and O–H groups in total. The van der Waals surface area contributed by atoms with Crippen LogP contribution in [0, 0.1) is 0 Å². The molecule has 2 aromatic carbocycles. The molecule has 0 atom stereocenters. The normalized spacial score (nSPS) is 13.8. The Bertz CT molecular complexity index is 1060. The zero-order chi connectivity index (χ0) is 23.3. The van der Waals surface area contributed by atoms with Gasteiger partial charge in [0.2, 0.25) is 10.0 Å². The SMILES string of the molecule is COc1cc(OC)cc(C(=O)NCCS(=O)(=O)N2CCc3cc(OC)c(OC)cc3C2)c1. The highest BCUT2D eigenvalue weighted by atomic mass is 32.2. The van der Waals surface area contributed by atoms with Crippen molar-refractivity contribution in [2.45, 2.75) is 13.0 Å². The maximum absolute atomic E-state index is 12.9. The summed E-state index contributed by atoms with van der Waals surface area (Å²) in [6.45, 7) is 0.598. The standard InChI is InChI=1S/C22H28N2O7S/c1-28-18-9-16(10-19(13-18)29-2)22(25)23-6-8-32(26,27)24-7-5-15-11-20(30-3)21(31-4)12-17(15)14-24/h9-13H,5-8,14H2,1-4H3,(H,23,25). The molecule has 2 aromatic rings. The number of hydrogen-bond acceptors (Lipinski definition) is 7. The maximum Gasteiger partial charge on any atom is 0.251 e. The van der Waals surface area contributed by atoms with Crippen LogP contribution in [0.1, 0.15) is 21.5 Å². The van der Waals surface area contributed by atoms with Gasteiger partial charge in [0.05, 0.1) is 34.2 Å². The molecular formula is C22H28N2O7S. The van der Waals surface area contributed by atoms with E-state index in [1.807, 2.05) is 12.1 Å². The quantitative estimate of drug-likeness (QED) is 0.604. The van der Waals surface area contributed by atoms with E-state index in [4.69, 9.17) is 18.9 Å². The zero-order valence-corrected chi connectivity index (χ0v) is 19.5. The van der Waals surface area contributed by atoms with Gasteiger partial charge in [-0.2, -0.15) is 4.31 Å². The van der Waals surface area contributed by atoms with E-state index in [1.54, 1.807) is 32.4 Å². The first-order valence-corrected chi connectivity index (χ1v) is 11.6. The lowest BCUT2D eigenvalue weighted by Crippen LogP contribution is -2.40. The summed E-state index contributed by atoms with van der Waals surface area (Å²) in [6, 6.07) is 8.49. The van der Waals surface area contributed by atoms with E-state index in [0.29, 0.717) is 41.5 Å². The Morgan fingerprint density at radius 2 is 1.50 bits per heavy atom. The molecule has 0 unspecified atom stereocenters. The van der Waals surface area contributed by atoms with Gasteiger partial charge in [0.25, 0.3) is 5.91 Å². The first-order chi connectivity index (χ1) is 15.3. The molecule has 0 spiro atoms. The van der Waals surface area contributed by atoms with Crippen LogP contribution in [0.3, 0.4) is 0 Å². The number of nitrogens with zero attached hydrogens (tertiary/aromatic N) is 1. The van der Waals surface area contributed by atoms with Gasteiger partial charge >= 0.3 is 0 Å². The minimum Gasteiger partial charge on any atom is -0.497 e. The number of sulfonamides is 1. The highest BCUT2D eigenvalue weighted by molar-refractivity contribution is 7.89. The van der Waals surface area contributed by atoms with Gasteiger partial charge in [-0.05, 0) is 41.8 Å². The van der Waals surface area contributed by atoms with Crippen molar-refractivity contribution < 1.29 is 32.2 Å². The average Bonchev–Trinajstić information content (AvgIpc) is 2.81. The van der Waals surface area contributed by atoms with Gasteiger partial charge in [-0.3, -0.25) is 4.79 Å². The van der Waals surface area contributed by atoms with Crippen LogP contribution in [-0.4, -0.2) is 65.9 Å². The molecule has 0 radical (unpaired) electrons. The molecule has 0 aliphatic carbocycles. The lowest BCUT2D eigenvalue weighted by Gasteiger charge is -2.29. The highest BCUT2D eigenvalue weighted by Gasteiger charge is 2.28. The largest absolute Gasteiger partial charge is 0.497 e. The van der Waals surface area contributed by atoms with Crippen LogP contribution in [0.25, 0.3) is 0 Å². The van der Waals surface area contributed by atoms with Gasteiger partial charge in [0.15, 0.2) is 11.5 Å². The number of nitrogens with one attached hydrogen (secondary N) is 1. The van der Waals surface area contributed by atoms with Gasteiger partial charge in [0.1, 0.15) is 11.5 Å². The maximum atomic E-state index is 12.9. The number of fused-ring (bicyclic) bond motifs is 1. The molecule has 1 heterocycles. The second kappa shape index (κ2) is 10.1. The third-order valence-corrected chi connectivity index (χ3v) is 7.15. The van der Waals surface area contributed by atoms with E-state index >= 15 is 0 Å². The number of benzene rings is 2. The molecule has 3 rings (SSSR count). The van der Waals surface area contributed by atoms with Crippen molar-refractivity contribution in [2.75, 3.05) is 47.3 Å². The number of hydrogen-bond donors (Lipinski definition) is 1. The number of amides is 1. The Morgan fingerprint density at radius 1 is 0.906 bits per heavy atom. The van der Waals surface area contributed by atoms with Crippen molar-refractivity contribution in [2.24, 2.45) is 0 Å². The summed E-state index contributed by atoms with van der Waals surface area (Å²) >= 11 is 0. The second-order valence-electron chi connectivity index (χ2n) is 7.23. The molecular weight excluding hydrogens is 436 g/mol. The molecule has 10 heteroatoms. The van der Waals surface area contributed by atoms with E-state index in [9.17, 15) is 13.2 Å². The van der Waals surface area contributed by atoms with Crippen molar-refractivity contribution in [1.29, 1.82) is 0 Å². The summed E-state index contributed by atoms with van der Waals surface area (Å²) in [4.78, 5) is 12.5. The lowest BCUT2D eigenvalue weighted by molar-refractivity contribution is 0.0955. The van der Waals surface area contributed by atoms with Crippen LogP contribution in [0.5, 0.6) is 23.0 Å². The molecule has 0 fully saturated rings. The van der Waals surface area contributed by atoms with E-state index in [2.05, 4.69) is 5.32 Å². The van der Waals surface area contributed by atoms with E-state index < -0.39 is 15.9 Å². The minimum atomic E-state index is -3.57. The predicted octanol–water partition coefficient (Wildman–Crippen LogP) is 1.84. The van der Waals surface area contributed by atoms with Crippen molar-refractivity contribution in [3.05, 3.63) is 47.0 Å². The van der Waals surface area contributed by atoms with Gasteiger partial charge in [-0.25, -0.2) is 8.42 Å². The number of ether oxygens (including phenoxy) is 4. The fraction of sp³-hybridized carbons (Fsp3) is 0.409. The number of rotatable bonds is 9. The molecule has 0 bridgehead atoms. The number of carbonyl (C=O) groups excluding carboxylic acids is 1. The van der Waals surface area contributed by atoms with Crippen molar-refractivity contribution >= 4 is 15.9 Å². The summed E-state index contributed by atoms with van der Waals surface area (Å²) in [5.74, 6) is 1.52. The van der Waals surface area contributed by atoms with Crippen molar-refractivity contribution in [3.63, 3.8) is 0 Å². The van der Waals surface area contributed by atoms with Gasteiger partial charge in [-0.1, -0.05) is 0 Å². The molecule has 9 nitrogen and oxygen atoms in total. The fourth-order valence-corrected chi connectivity index (χ4v) is 4.88. The molecule has 0 aromatic heterocycles. The van der Waals surface area contributed by atoms with E-state index in [0.717, 1.165) is 11.1 Å². The average molecular weight is 465 g/mol. The molecule has 0 saturated heterocycles. The van der Waals surface area contributed by atoms with Crippen molar-refractivity contribution in [3.8, 4) is 23.0 Å². The third-order valence-electron chi connectivity index (χ3n) is 5.34. The molecule has 0 saturated carbocycles. The van der Waals surface area contributed by atoms with Crippen molar-refractivity contribution in [1.82, 2.24) is 9.62 Å². The molecule has 1 aliphatic heterocycles. The van der Waals surface area contributed by atoms with Gasteiger partial charge in [0, 0.05) is 31.3 Å². The summed E-state index contributed by atoms with van der Waals surface area (Å²) in [5.41, 5.74) is 2.24. The smallest absolute Gasteiger partial charge is 0.251 e. The van der Waals surface area contributed by atoms with E-state index in [-0.39, 0.29) is 18.8 Å². The van der Waals surface area contributed by atoms with Gasteiger partial charge < -0.3 is 24.3 Å². The van der Waals surface area contributed by atoms with Gasteiger partial charge in [-0.15, -0.1) is 0 Å². The third kappa shape index (κ3) is 5.25. The zero-order valence-electron chi connectivity index (χ0n) is 18.6. The molecule has 1 aliphatic rings. The Balaban J connectivity index is 1.63. The Hall–Kier alpha value is -2.98. The van der Waals surface area contributed by atoms with Crippen LogP contribution < -0.4 is 24.3 Å². The number of methoxy groups -OCH3 is 4. The van der Waals surface area contributed by atoms with Crippen LogP contribution in [0.2, 0.25) is 0 Å². The molecule has 32 heavy (non-hydrogen) atoms. The lowest BCUT2D eigenvalue weighted by atomic mass is 10.0. The first kappa shape index (κ1) is 23.7. The summed E-state index contributed by atoms with van der Waals surface area (Å²) < 4.78 is 48.2. The minimum absolute atomic E-state index is 0.0179. The Kier molecular flexibility index (Phi) is 7.47. The van der Waals surface area contributed by atoms with Crippen LogP contribution >= 0.6 is 0 Å². The van der Waals surface area contributed by atoms with Crippen LogP contribution in [0.15, 0.2) is 30.3 Å². The van der Waals surface area contributed by atoms with Crippen LogP contribution in [-0.2, 0) is 23.0 Å². The fourth-order valence-electron chi connectivity index (χ4n) is 3.56. The van der Waals surface area contributed by atoms with E-state index in [1.165, 1.54) is 18.5 Å². The molecule has 174 valence electrons. The highest BCUT2D eigenvalue weighted by Crippen LogP contribution is 2.33. The monoisotopic (exact) mass is 464 g/mol. The summed E-state index contributed by atoms with van der Waals surface area (Å²) in [5, 5.41) is 2.66. The Labute approximate surface area is 188 Å². The topological polar surface area (TPSA) is 103 Å². The summed E-state index contributed by atoms with van der Waals surface area (Å²) in [6.07, 6.45) is 0.574. The number of carbonyl (C=O) groups is 1. The molecule has 1 amide bonds.